The fraction of sp³-hybridized carbons (Fsp3) is 0.375. The number of rotatable bonds is 4. The van der Waals surface area contributed by atoms with Crippen LogP contribution < -0.4 is 5.32 Å². The fourth-order valence-electron chi connectivity index (χ4n) is 3.63. The quantitative estimate of drug-likeness (QED) is 0.823. The van der Waals surface area contributed by atoms with Crippen molar-refractivity contribution < 1.29 is 19.1 Å². The van der Waals surface area contributed by atoms with Crippen LogP contribution in [-0.2, 0) is 9.53 Å². The van der Waals surface area contributed by atoms with Gasteiger partial charge in [0.1, 0.15) is 6.73 Å². The molecule has 1 saturated heterocycles. The molecule has 7 nitrogen and oxygen atoms in total. The van der Waals surface area contributed by atoms with Gasteiger partial charge >= 0.3 is 0 Å². The second-order valence-electron chi connectivity index (χ2n) is 8.01. The molecule has 1 aliphatic heterocycles. The summed E-state index contributed by atoms with van der Waals surface area (Å²) in [5, 5.41) is 2.78. The van der Waals surface area contributed by atoms with Crippen molar-refractivity contribution in [1.29, 1.82) is 0 Å². The summed E-state index contributed by atoms with van der Waals surface area (Å²) in [6.07, 6.45) is 2.45. The van der Waals surface area contributed by atoms with E-state index in [1.54, 1.807) is 17.0 Å². The van der Waals surface area contributed by atoms with E-state index in [0.29, 0.717) is 43.3 Å². The molecule has 3 amide bonds. The van der Waals surface area contributed by atoms with Gasteiger partial charge in [-0.05, 0) is 48.2 Å². The average Bonchev–Trinajstić information content (AvgIpc) is 3.63. The summed E-state index contributed by atoms with van der Waals surface area (Å²) in [7, 11) is 1.86. The van der Waals surface area contributed by atoms with E-state index in [9.17, 15) is 14.4 Å². The van der Waals surface area contributed by atoms with Crippen LogP contribution in [0.5, 0.6) is 0 Å². The standard InChI is InChI=1S/C24H27N3O4/c1-26(21-9-10-21)23(29)20-4-2-3-19(15-20)17-5-7-18(8-6-17)24(30)27-13-12-25-22(28)11-14-31-16-27/h2-8,15,21H,9-14,16H2,1H3,(H,25,28). The first-order valence-electron chi connectivity index (χ1n) is 10.6. The Balaban J connectivity index is 1.46. The van der Waals surface area contributed by atoms with Crippen molar-refractivity contribution in [2.75, 3.05) is 33.5 Å². The molecule has 4 rings (SSSR count). The number of hydrogen-bond acceptors (Lipinski definition) is 4. The molecule has 0 spiro atoms. The van der Waals surface area contributed by atoms with Gasteiger partial charge in [-0.2, -0.15) is 0 Å². The van der Waals surface area contributed by atoms with Gasteiger partial charge in [0.05, 0.1) is 13.0 Å². The molecule has 0 atom stereocenters. The van der Waals surface area contributed by atoms with E-state index in [0.717, 1.165) is 24.0 Å². The van der Waals surface area contributed by atoms with E-state index in [2.05, 4.69) is 5.32 Å². The van der Waals surface area contributed by atoms with Crippen LogP contribution in [0.25, 0.3) is 11.1 Å². The van der Waals surface area contributed by atoms with Gasteiger partial charge in [0.25, 0.3) is 11.8 Å². The fourth-order valence-corrected chi connectivity index (χ4v) is 3.63. The minimum Gasteiger partial charge on any atom is -0.360 e. The van der Waals surface area contributed by atoms with Gasteiger partial charge < -0.3 is 19.9 Å². The van der Waals surface area contributed by atoms with E-state index >= 15 is 0 Å². The van der Waals surface area contributed by atoms with Gasteiger partial charge in [-0.1, -0.05) is 24.3 Å². The minimum absolute atomic E-state index is 0.0382. The van der Waals surface area contributed by atoms with Crippen molar-refractivity contribution in [2.45, 2.75) is 25.3 Å². The maximum Gasteiger partial charge on any atom is 0.255 e. The first-order valence-corrected chi connectivity index (χ1v) is 10.6. The van der Waals surface area contributed by atoms with E-state index in [4.69, 9.17) is 4.74 Å². The third kappa shape index (κ3) is 5.11. The number of carbonyl (C=O) groups is 3. The molecule has 31 heavy (non-hydrogen) atoms. The molecule has 1 N–H and O–H groups in total. The number of carbonyl (C=O) groups excluding carboxylic acids is 3. The molecule has 2 aromatic carbocycles. The number of nitrogens with one attached hydrogen (secondary N) is 1. The molecule has 7 heteroatoms. The number of benzene rings is 2. The normalized spacial score (nSPS) is 17.2. The molecule has 162 valence electrons. The molecule has 0 unspecified atom stereocenters. The Bertz CT molecular complexity index is 969. The van der Waals surface area contributed by atoms with Crippen molar-refractivity contribution in [2.24, 2.45) is 0 Å². The van der Waals surface area contributed by atoms with Crippen molar-refractivity contribution in [1.82, 2.24) is 15.1 Å². The lowest BCUT2D eigenvalue weighted by Gasteiger charge is -2.21. The zero-order valence-corrected chi connectivity index (χ0v) is 17.7. The Kier molecular flexibility index (Phi) is 6.32. The lowest BCUT2D eigenvalue weighted by atomic mass is 10.0. The molecule has 0 aromatic heterocycles. The first-order chi connectivity index (χ1) is 15.0. The highest BCUT2D eigenvalue weighted by molar-refractivity contribution is 5.96. The second kappa shape index (κ2) is 9.31. The summed E-state index contributed by atoms with van der Waals surface area (Å²) in [5.74, 6) is -0.170. The number of amides is 3. The van der Waals surface area contributed by atoms with Crippen LogP contribution in [0, 0.1) is 0 Å². The molecule has 0 bridgehead atoms. The highest BCUT2D eigenvalue weighted by atomic mass is 16.5. The summed E-state index contributed by atoms with van der Waals surface area (Å²) in [6.45, 7) is 1.25. The largest absolute Gasteiger partial charge is 0.360 e. The summed E-state index contributed by atoms with van der Waals surface area (Å²) in [4.78, 5) is 40.5. The van der Waals surface area contributed by atoms with Crippen molar-refractivity contribution in [3.63, 3.8) is 0 Å². The summed E-state index contributed by atoms with van der Waals surface area (Å²) in [5.41, 5.74) is 3.10. The van der Waals surface area contributed by atoms with Crippen LogP contribution in [0.15, 0.2) is 48.5 Å². The van der Waals surface area contributed by atoms with Gasteiger partial charge in [0.15, 0.2) is 0 Å². The number of hydrogen-bond donors (Lipinski definition) is 1. The van der Waals surface area contributed by atoms with Crippen LogP contribution in [0.4, 0.5) is 0 Å². The summed E-state index contributed by atoms with van der Waals surface area (Å²) >= 11 is 0. The molecule has 2 aliphatic rings. The molecular weight excluding hydrogens is 394 g/mol. The van der Waals surface area contributed by atoms with Crippen molar-refractivity contribution in [3.05, 3.63) is 59.7 Å². The number of ether oxygens (including phenoxy) is 1. The molecular formula is C24H27N3O4. The Labute approximate surface area is 182 Å². The van der Waals surface area contributed by atoms with Crippen molar-refractivity contribution >= 4 is 17.7 Å². The van der Waals surface area contributed by atoms with E-state index in [1.165, 1.54) is 0 Å². The second-order valence-corrected chi connectivity index (χ2v) is 8.01. The van der Waals surface area contributed by atoms with Crippen LogP contribution in [-0.4, -0.2) is 67.0 Å². The van der Waals surface area contributed by atoms with Gasteiger partial charge in [0, 0.05) is 37.3 Å². The molecule has 2 fully saturated rings. The zero-order chi connectivity index (χ0) is 21.8. The van der Waals surface area contributed by atoms with Crippen LogP contribution in [0.1, 0.15) is 40.0 Å². The molecule has 0 radical (unpaired) electrons. The third-order valence-corrected chi connectivity index (χ3v) is 5.70. The maximum atomic E-state index is 12.9. The Morgan fingerprint density at radius 1 is 1.06 bits per heavy atom. The van der Waals surface area contributed by atoms with E-state index in [1.807, 2.05) is 48.3 Å². The Hall–Kier alpha value is -3.19. The van der Waals surface area contributed by atoms with Gasteiger partial charge in [-0.25, -0.2) is 0 Å². The predicted molar refractivity (Wildman–Crippen MR) is 116 cm³/mol. The van der Waals surface area contributed by atoms with Crippen LogP contribution >= 0.6 is 0 Å². The highest BCUT2D eigenvalue weighted by Crippen LogP contribution is 2.28. The minimum atomic E-state index is -0.141. The molecule has 1 heterocycles. The van der Waals surface area contributed by atoms with Gasteiger partial charge in [0.2, 0.25) is 5.91 Å². The number of nitrogens with zero attached hydrogens (tertiary/aromatic N) is 2. The lowest BCUT2D eigenvalue weighted by Crippen LogP contribution is -2.38. The Morgan fingerprint density at radius 2 is 1.84 bits per heavy atom. The monoisotopic (exact) mass is 421 g/mol. The first kappa shape index (κ1) is 21.1. The topological polar surface area (TPSA) is 79.0 Å². The van der Waals surface area contributed by atoms with Gasteiger partial charge in [-0.15, -0.1) is 0 Å². The smallest absolute Gasteiger partial charge is 0.255 e. The highest BCUT2D eigenvalue weighted by Gasteiger charge is 2.30. The molecule has 2 aromatic rings. The maximum absolute atomic E-state index is 12.9. The predicted octanol–water partition coefficient (Wildman–Crippen LogP) is 2.52. The SMILES string of the molecule is CN(C(=O)c1cccc(-c2ccc(C(=O)N3CCNC(=O)CCOC3)cc2)c1)C1CC1. The van der Waals surface area contributed by atoms with E-state index in [-0.39, 0.29) is 24.5 Å². The zero-order valence-electron chi connectivity index (χ0n) is 17.7. The lowest BCUT2D eigenvalue weighted by molar-refractivity contribution is -0.121. The van der Waals surface area contributed by atoms with Crippen LogP contribution in [0.2, 0.25) is 0 Å². The van der Waals surface area contributed by atoms with Crippen LogP contribution in [0.3, 0.4) is 0 Å². The summed E-state index contributed by atoms with van der Waals surface area (Å²) in [6, 6.07) is 15.3. The van der Waals surface area contributed by atoms with E-state index < -0.39 is 0 Å². The molecule has 1 saturated carbocycles. The molecule has 1 aliphatic carbocycles. The van der Waals surface area contributed by atoms with Crippen molar-refractivity contribution in [3.8, 4) is 11.1 Å². The average molecular weight is 421 g/mol. The Morgan fingerprint density at radius 3 is 2.58 bits per heavy atom. The van der Waals surface area contributed by atoms with Gasteiger partial charge in [-0.3, -0.25) is 14.4 Å². The summed E-state index contributed by atoms with van der Waals surface area (Å²) < 4.78 is 5.46. The third-order valence-electron chi connectivity index (χ3n) is 5.70.